The van der Waals surface area contributed by atoms with Crippen molar-refractivity contribution < 1.29 is 4.79 Å². The van der Waals surface area contributed by atoms with Crippen LogP contribution in [-0.4, -0.2) is 10.5 Å². The lowest BCUT2D eigenvalue weighted by molar-refractivity contribution is 0.0998. The van der Waals surface area contributed by atoms with E-state index in [1.54, 1.807) is 23.5 Å². The predicted molar refractivity (Wildman–Crippen MR) is 102 cm³/mol. The molecule has 0 N–H and O–H groups in total. The Labute approximate surface area is 153 Å². The van der Waals surface area contributed by atoms with Crippen LogP contribution in [0.25, 0.3) is 11.3 Å². The molecule has 0 aliphatic heterocycles. The maximum Gasteiger partial charge on any atom is 0.279 e. The van der Waals surface area contributed by atoms with E-state index < -0.39 is 0 Å². The second kappa shape index (κ2) is 7.28. The Morgan fingerprint density at radius 1 is 1.12 bits per heavy atom. The Balaban J connectivity index is 2.09. The fourth-order valence-electron chi connectivity index (χ4n) is 2.60. The van der Waals surface area contributed by atoms with Gasteiger partial charge in [0.25, 0.3) is 5.91 Å². The summed E-state index contributed by atoms with van der Waals surface area (Å²) in [5, 5.41) is 0. The van der Waals surface area contributed by atoms with Crippen molar-refractivity contribution in [3.05, 3.63) is 74.3 Å². The topological polar surface area (TPSA) is 34.4 Å². The summed E-state index contributed by atoms with van der Waals surface area (Å²) >= 11 is 4.93. The molecular formula is C19H17BrN2OS. The van der Waals surface area contributed by atoms with E-state index in [0.717, 1.165) is 32.0 Å². The molecule has 2 aromatic carbocycles. The first-order valence-corrected chi connectivity index (χ1v) is 9.31. The van der Waals surface area contributed by atoms with Gasteiger partial charge in [-0.1, -0.05) is 46.3 Å². The highest BCUT2D eigenvalue weighted by molar-refractivity contribution is 9.10. The third kappa shape index (κ3) is 3.42. The Kier molecular flexibility index (Phi) is 5.11. The number of aromatic nitrogens is 1. The average Bonchev–Trinajstić information content (AvgIpc) is 2.91. The minimum atomic E-state index is -0.217. The Bertz CT molecular complexity index is 924. The van der Waals surface area contributed by atoms with Crippen LogP contribution in [0.5, 0.6) is 0 Å². The summed E-state index contributed by atoms with van der Waals surface area (Å²) in [6.07, 6.45) is 0. The molecule has 0 saturated carbocycles. The average molecular weight is 401 g/mol. The molecule has 0 unspecified atom stereocenters. The molecule has 3 rings (SSSR count). The zero-order valence-corrected chi connectivity index (χ0v) is 15.9. The summed E-state index contributed by atoms with van der Waals surface area (Å²) in [4.78, 5) is 18.7. The van der Waals surface area contributed by atoms with Crippen LogP contribution in [0.15, 0.2) is 64.1 Å². The zero-order chi connectivity index (χ0) is 17.1. The molecule has 0 aliphatic carbocycles. The molecular weight excluding hydrogens is 384 g/mol. The van der Waals surface area contributed by atoms with E-state index >= 15 is 0 Å². The molecule has 24 heavy (non-hydrogen) atoms. The summed E-state index contributed by atoms with van der Waals surface area (Å²) < 4.78 is 3.05. The highest BCUT2D eigenvalue weighted by Gasteiger charge is 2.12. The van der Waals surface area contributed by atoms with Crippen molar-refractivity contribution in [2.75, 3.05) is 0 Å². The number of hydrogen-bond donors (Lipinski definition) is 0. The number of amides is 1. The van der Waals surface area contributed by atoms with Gasteiger partial charge in [-0.3, -0.25) is 4.79 Å². The number of rotatable bonds is 3. The van der Waals surface area contributed by atoms with E-state index in [-0.39, 0.29) is 5.91 Å². The summed E-state index contributed by atoms with van der Waals surface area (Å²) in [6.45, 7) is 4.91. The lowest BCUT2D eigenvalue weighted by atomic mass is 10.1. The molecule has 1 aromatic heterocycles. The van der Waals surface area contributed by atoms with Crippen LogP contribution >= 0.6 is 27.3 Å². The molecule has 5 heteroatoms. The number of hydrogen-bond acceptors (Lipinski definition) is 2. The van der Waals surface area contributed by atoms with Crippen molar-refractivity contribution in [1.82, 2.24) is 4.57 Å². The second-order valence-corrected chi connectivity index (χ2v) is 7.42. The third-order valence-corrected chi connectivity index (χ3v) is 5.25. The molecule has 0 aliphatic rings. The first-order chi connectivity index (χ1) is 11.6. The Morgan fingerprint density at radius 2 is 1.79 bits per heavy atom. The van der Waals surface area contributed by atoms with Gasteiger partial charge in [-0.2, -0.15) is 4.99 Å². The van der Waals surface area contributed by atoms with Crippen LogP contribution in [0.3, 0.4) is 0 Å². The first kappa shape index (κ1) is 16.9. The number of benzene rings is 2. The van der Waals surface area contributed by atoms with Crippen molar-refractivity contribution >= 4 is 33.2 Å². The van der Waals surface area contributed by atoms with Gasteiger partial charge in [-0.15, -0.1) is 11.3 Å². The number of nitrogens with zero attached hydrogens (tertiary/aromatic N) is 2. The summed E-state index contributed by atoms with van der Waals surface area (Å²) in [6, 6.07) is 17.5. The molecule has 0 saturated heterocycles. The predicted octanol–water partition coefficient (Wildman–Crippen LogP) is 5.05. The van der Waals surface area contributed by atoms with Crippen molar-refractivity contribution in [1.29, 1.82) is 0 Å². The molecule has 122 valence electrons. The molecule has 3 aromatic rings. The Morgan fingerprint density at radius 3 is 2.42 bits per heavy atom. The molecule has 1 heterocycles. The van der Waals surface area contributed by atoms with Gasteiger partial charge in [-0.25, -0.2) is 0 Å². The summed E-state index contributed by atoms with van der Waals surface area (Å²) in [5.41, 5.74) is 2.87. The minimum absolute atomic E-state index is 0.217. The van der Waals surface area contributed by atoms with Gasteiger partial charge in [0, 0.05) is 21.5 Å². The van der Waals surface area contributed by atoms with Gasteiger partial charge in [0.05, 0.1) is 5.69 Å². The fourth-order valence-corrected chi connectivity index (χ4v) is 3.92. The smallest absolute Gasteiger partial charge is 0.279 e. The van der Waals surface area contributed by atoms with Crippen LogP contribution in [0.4, 0.5) is 0 Å². The van der Waals surface area contributed by atoms with Crippen molar-refractivity contribution in [3.63, 3.8) is 0 Å². The molecule has 0 fully saturated rings. The largest absolute Gasteiger partial charge is 0.316 e. The minimum Gasteiger partial charge on any atom is -0.316 e. The number of halogens is 1. The number of thiazole rings is 1. The molecule has 0 radical (unpaired) electrons. The lowest BCUT2D eigenvalue weighted by Gasteiger charge is -2.07. The van der Waals surface area contributed by atoms with E-state index in [1.165, 1.54) is 0 Å². The summed E-state index contributed by atoms with van der Waals surface area (Å²) in [7, 11) is 0. The van der Waals surface area contributed by atoms with Crippen molar-refractivity contribution in [2.45, 2.75) is 20.4 Å². The van der Waals surface area contributed by atoms with Crippen LogP contribution in [0.1, 0.15) is 22.2 Å². The highest BCUT2D eigenvalue weighted by atomic mass is 79.9. The zero-order valence-electron chi connectivity index (χ0n) is 13.5. The molecule has 0 atom stereocenters. The van der Waals surface area contributed by atoms with Gasteiger partial charge in [0.2, 0.25) is 0 Å². The van der Waals surface area contributed by atoms with Crippen molar-refractivity contribution in [3.8, 4) is 11.3 Å². The normalized spacial score (nSPS) is 11.7. The standard InChI is InChI=1S/C19H17BrN2OS/c1-3-22-17(14-7-5-4-6-8-14)13(2)24-19(22)21-18(23)15-9-11-16(20)12-10-15/h4-12H,3H2,1-2H3. The first-order valence-electron chi connectivity index (χ1n) is 7.70. The number of carbonyl (C=O) groups excluding carboxylic acids is 1. The van der Waals surface area contributed by atoms with Crippen LogP contribution in [-0.2, 0) is 6.54 Å². The van der Waals surface area contributed by atoms with Gasteiger partial charge >= 0.3 is 0 Å². The fraction of sp³-hybridized carbons (Fsp3) is 0.158. The number of aryl methyl sites for hydroxylation is 1. The third-order valence-electron chi connectivity index (χ3n) is 3.73. The van der Waals surface area contributed by atoms with E-state index in [9.17, 15) is 4.79 Å². The molecule has 0 spiro atoms. The van der Waals surface area contributed by atoms with Gasteiger partial charge in [0.15, 0.2) is 4.80 Å². The monoisotopic (exact) mass is 400 g/mol. The maximum absolute atomic E-state index is 12.5. The number of carbonyl (C=O) groups is 1. The van der Waals surface area contributed by atoms with Gasteiger partial charge < -0.3 is 4.57 Å². The molecule has 1 amide bonds. The second-order valence-electron chi connectivity index (χ2n) is 5.32. The van der Waals surface area contributed by atoms with Crippen LogP contribution in [0, 0.1) is 6.92 Å². The van der Waals surface area contributed by atoms with E-state index in [4.69, 9.17) is 0 Å². The van der Waals surface area contributed by atoms with E-state index in [1.807, 2.05) is 30.3 Å². The lowest BCUT2D eigenvalue weighted by Crippen LogP contribution is -2.17. The van der Waals surface area contributed by atoms with Crippen LogP contribution < -0.4 is 4.80 Å². The summed E-state index contributed by atoms with van der Waals surface area (Å²) in [5.74, 6) is -0.217. The highest BCUT2D eigenvalue weighted by Crippen LogP contribution is 2.25. The molecule has 0 bridgehead atoms. The van der Waals surface area contributed by atoms with Gasteiger partial charge in [-0.05, 0) is 43.7 Å². The van der Waals surface area contributed by atoms with Crippen LogP contribution in [0.2, 0.25) is 0 Å². The van der Waals surface area contributed by atoms with E-state index in [2.05, 4.69) is 51.5 Å². The molecule has 3 nitrogen and oxygen atoms in total. The maximum atomic E-state index is 12.5. The van der Waals surface area contributed by atoms with Crippen molar-refractivity contribution in [2.24, 2.45) is 4.99 Å². The SMILES string of the molecule is CCn1c(-c2ccccc2)c(C)sc1=NC(=O)c1ccc(Br)cc1. The Hall–Kier alpha value is -1.98. The quantitative estimate of drug-likeness (QED) is 0.605. The van der Waals surface area contributed by atoms with Gasteiger partial charge in [0.1, 0.15) is 0 Å². The van der Waals surface area contributed by atoms with E-state index in [0.29, 0.717) is 5.56 Å².